The molecule has 11 heavy (non-hydrogen) atoms. The molecule has 0 radical (unpaired) electrons. The monoisotopic (exact) mass is 254 g/mol. The van der Waals surface area contributed by atoms with Crippen molar-refractivity contribution in [2.75, 3.05) is 0 Å². The highest BCUT2D eigenvalue weighted by Gasteiger charge is 1.90. The lowest BCUT2D eigenvalue weighted by Gasteiger charge is -1.94. The maximum atomic E-state index is 3.70. The zero-order valence-corrected chi connectivity index (χ0v) is 8.13. The van der Waals surface area contributed by atoms with Crippen molar-refractivity contribution in [3.8, 4) is 9.85 Å². The Hall–Kier alpha value is -0.750. The summed E-state index contributed by atoms with van der Waals surface area (Å²) in [6, 6.07) is 7.95. The Bertz CT molecular complexity index is 315. The molecule has 0 aliphatic carbocycles. The SMILES string of the molecule is C=Cc1ccccc1C#CI. The summed E-state index contributed by atoms with van der Waals surface area (Å²) < 4.78 is 2.83. The van der Waals surface area contributed by atoms with Gasteiger partial charge in [0.15, 0.2) is 0 Å². The van der Waals surface area contributed by atoms with Crippen LogP contribution in [-0.4, -0.2) is 0 Å². The Morgan fingerprint density at radius 1 is 1.36 bits per heavy atom. The van der Waals surface area contributed by atoms with Crippen LogP contribution < -0.4 is 0 Å². The summed E-state index contributed by atoms with van der Waals surface area (Å²) in [7, 11) is 0. The van der Waals surface area contributed by atoms with Gasteiger partial charge in [-0.2, -0.15) is 0 Å². The third-order valence-electron chi connectivity index (χ3n) is 1.36. The fourth-order valence-electron chi connectivity index (χ4n) is 0.840. The third kappa shape index (κ3) is 2.09. The molecule has 0 saturated heterocycles. The zero-order chi connectivity index (χ0) is 8.10. The van der Waals surface area contributed by atoms with Crippen LogP contribution in [0.15, 0.2) is 30.8 Å². The molecule has 0 unspecified atom stereocenters. The maximum absolute atomic E-state index is 3.70. The molecular formula is C10H7I. The maximum Gasteiger partial charge on any atom is 0.0325 e. The number of benzene rings is 1. The van der Waals surface area contributed by atoms with E-state index in [0.29, 0.717) is 0 Å². The van der Waals surface area contributed by atoms with E-state index in [2.05, 4.69) is 16.4 Å². The quantitative estimate of drug-likeness (QED) is 0.533. The first kappa shape index (κ1) is 8.35. The molecule has 0 amide bonds. The molecule has 0 bridgehead atoms. The largest absolute Gasteiger partial charge is 0.0984 e. The summed E-state index contributed by atoms with van der Waals surface area (Å²) >= 11 is 2.03. The van der Waals surface area contributed by atoms with Crippen molar-refractivity contribution < 1.29 is 0 Å². The summed E-state index contributed by atoms with van der Waals surface area (Å²) in [4.78, 5) is 0. The molecule has 0 N–H and O–H groups in total. The molecule has 54 valence electrons. The van der Waals surface area contributed by atoms with E-state index in [-0.39, 0.29) is 0 Å². The first-order valence-corrected chi connectivity index (χ1v) is 4.29. The Morgan fingerprint density at radius 3 is 2.73 bits per heavy atom. The molecule has 0 heterocycles. The molecule has 0 atom stereocenters. The Labute approximate surface area is 80.5 Å². The number of rotatable bonds is 1. The average Bonchev–Trinajstić information content (AvgIpc) is 2.06. The van der Waals surface area contributed by atoms with E-state index in [1.807, 2.05) is 52.9 Å². The number of hydrogen-bond donors (Lipinski definition) is 0. The molecule has 0 aromatic heterocycles. The Morgan fingerprint density at radius 2 is 2.09 bits per heavy atom. The van der Waals surface area contributed by atoms with E-state index in [4.69, 9.17) is 0 Å². The first-order valence-electron chi connectivity index (χ1n) is 3.21. The predicted octanol–water partition coefficient (Wildman–Crippen LogP) is 3.07. The number of halogens is 1. The van der Waals surface area contributed by atoms with Gasteiger partial charge in [0.25, 0.3) is 0 Å². The molecule has 0 saturated carbocycles. The van der Waals surface area contributed by atoms with Crippen LogP contribution in [0.2, 0.25) is 0 Å². The van der Waals surface area contributed by atoms with E-state index >= 15 is 0 Å². The van der Waals surface area contributed by atoms with Gasteiger partial charge in [0, 0.05) is 28.2 Å². The van der Waals surface area contributed by atoms with Crippen LogP contribution in [-0.2, 0) is 0 Å². The van der Waals surface area contributed by atoms with Gasteiger partial charge in [-0.25, -0.2) is 0 Å². The van der Waals surface area contributed by atoms with Crippen molar-refractivity contribution in [2.45, 2.75) is 0 Å². The fourth-order valence-corrected chi connectivity index (χ4v) is 1.13. The Kier molecular flexibility index (Phi) is 3.18. The van der Waals surface area contributed by atoms with Gasteiger partial charge in [-0.15, -0.1) is 0 Å². The third-order valence-corrected chi connectivity index (χ3v) is 1.63. The molecule has 0 aliphatic rings. The van der Waals surface area contributed by atoms with Crippen LogP contribution >= 0.6 is 22.6 Å². The highest BCUT2D eigenvalue weighted by molar-refractivity contribution is 14.1. The smallest absolute Gasteiger partial charge is 0.0325 e. The molecule has 0 spiro atoms. The summed E-state index contributed by atoms with van der Waals surface area (Å²) in [5.41, 5.74) is 2.13. The van der Waals surface area contributed by atoms with Crippen LogP contribution in [0.1, 0.15) is 11.1 Å². The van der Waals surface area contributed by atoms with Crippen molar-refractivity contribution in [2.24, 2.45) is 0 Å². The molecule has 1 aromatic carbocycles. The number of hydrogen-bond acceptors (Lipinski definition) is 0. The summed E-state index contributed by atoms with van der Waals surface area (Å²) in [6.07, 6.45) is 1.82. The van der Waals surface area contributed by atoms with Gasteiger partial charge in [-0.1, -0.05) is 36.8 Å². The van der Waals surface area contributed by atoms with E-state index in [1.165, 1.54) is 0 Å². The lowest BCUT2D eigenvalue weighted by molar-refractivity contribution is 1.61. The topological polar surface area (TPSA) is 0 Å². The van der Waals surface area contributed by atoms with Crippen molar-refractivity contribution >= 4 is 28.7 Å². The van der Waals surface area contributed by atoms with Gasteiger partial charge in [0.05, 0.1) is 0 Å². The normalized spacial score (nSPS) is 8.09. The Balaban J connectivity index is 3.19. The standard InChI is InChI=1S/C10H7I/c1-2-9-5-3-4-6-10(9)7-8-11/h2-6H,1H2. The molecule has 0 aliphatic heterocycles. The van der Waals surface area contributed by atoms with Crippen molar-refractivity contribution in [1.29, 1.82) is 0 Å². The van der Waals surface area contributed by atoms with E-state index in [9.17, 15) is 0 Å². The highest BCUT2D eigenvalue weighted by Crippen LogP contribution is 2.07. The summed E-state index contributed by atoms with van der Waals surface area (Å²) in [6.45, 7) is 3.70. The van der Waals surface area contributed by atoms with Gasteiger partial charge in [0.2, 0.25) is 0 Å². The van der Waals surface area contributed by atoms with Gasteiger partial charge >= 0.3 is 0 Å². The van der Waals surface area contributed by atoms with Crippen molar-refractivity contribution in [3.05, 3.63) is 42.0 Å². The van der Waals surface area contributed by atoms with E-state index in [1.54, 1.807) is 0 Å². The average molecular weight is 254 g/mol. The lowest BCUT2D eigenvalue weighted by Crippen LogP contribution is -1.78. The van der Waals surface area contributed by atoms with Gasteiger partial charge < -0.3 is 0 Å². The van der Waals surface area contributed by atoms with E-state index < -0.39 is 0 Å². The minimum Gasteiger partial charge on any atom is -0.0984 e. The van der Waals surface area contributed by atoms with Crippen molar-refractivity contribution in [3.63, 3.8) is 0 Å². The fraction of sp³-hybridized carbons (Fsp3) is 0. The highest BCUT2D eigenvalue weighted by atomic mass is 127. The predicted molar refractivity (Wildman–Crippen MR) is 57.4 cm³/mol. The second-order valence-corrected chi connectivity index (χ2v) is 2.55. The molecule has 1 aromatic rings. The molecule has 0 fully saturated rings. The zero-order valence-electron chi connectivity index (χ0n) is 5.97. The van der Waals surface area contributed by atoms with Gasteiger partial charge in [-0.3, -0.25) is 0 Å². The van der Waals surface area contributed by atoms with Crippen LogP contribution in [0, 0.1) is 9.85 Å². The van der Waals surface area contributed by atoms with Crippen LogP contribution in [0.5, 0.6) is 0 Å². The second kappa shape index (κ2) is 4.20. The minimum absolute atomic E-state index is 1.04. The van der Waals surface area contributed by atoms with Gasteiger partial charge in [0.1, 0.15) is 0 Å². The molecule has 1 heteroatoms. The van der Waals surface area contributed by atoms with Crippen LogP contribution in [0.4, 0.5) is 0 Å². The van der Waals surface area contributed by atoms with Gasteiger partial charge in [-0.05, 0) is 15.6 Å². The van der Waals surface area contributed by atoms with E-state index in [0.717, 1.165) is 11.1 Å². The van der Waals surface area contributed by atoms with Crippen LogP contribution in [0.3, 0.4) is 0 Å². The lowest BCUT2D eigenvalue weighted by atomic mass is 10.1. The van der Waals surface area contributed by atoms with Crippen LogP contribution in [0.25, 0.3) is 6.08 Å². The minimum atomic E-state index is 1.04. The first-order chi connectivity index (χ1) is 5.38. The second-order valence-electron chi connectivity index (χ2n) is 2.01. The van der Waals surface area contributed by atoms with Crippen molar-refractivity contribution in [1.82, 2.24) is 0 Å². The summed E-state index contributed by atoms with van der Waals surface area (Å²) in [5.74, 6) is 2.99. The summed E-state index contributed by atoms with van der Waals surface area (Å²) in [5, 5.41) is 0. The molecule has 1 rings (SSSR count). The molecular weight excluding hydrogens is 247 g/mol. The molecule has 0 nitrogen and oxygen atoms in total.